The van der Waals surface area contributed by atoms with Gasteiger partial charge in [-0.2, -0.15) is 0 Å². The fourth-order valence-corrected chi connectivity index (χ4v) is 2.59. The van der Waals surface area contributed by atoms with Gasteiger partial charge in [-0.3, -0.25) is 15.0 Å². The number of nitrogens with zero attached hydrogens (tertiary/aromatic N) is 3. The zero-order valence-electron chi connectivity index (χ0n) is 17.1. The number of benzene rings is 2. The van der Waals surface area contributed by atoms with Gasteiger partial charge < -0.3 is 5.32 Å². The summed E-state index contributed by atoms with van der Waals surface area (Å²) < 4.78 is 0. The van der Waals surface area contributed by atoms with Crippen molar-refractivity contribution in [2.45, 2.75) is 0 Å². The Morgan fingerprint density at radius 3 is 2.00 bits per heavy atom. The molecule has 152 valence electrons. The van der Waals surface area contributed by atoms with Gasteiger partial charge in [-0.1, -0.05) is 66.8 Å². The van der Waals surface area contributed by atoms with E-state index in [0.717, 1.165) is 22.5 Å². The molecule has 3 rings (SSSR count). The Bertz CT molecular complexity index is 1110. The minimum Gasteiger partial charge on any atom is -0.361 e. The molecule has 0 saturated heterocycles. The predicted octanol–water partition coefficient (Wildman–Crippen LogP) is 6.56. The van der Waals surface area contributed by atoms with Gasteiger partial charge in [-0.15, -0.1) is 0 Å². The minimum atomic E-state index is 0.866. The number of hydrogen-bond acceptors (Lipinski definition) is 4. The first-order chi connectivity index (χ1) is 15.4. The van der Waals surface area contributed by atoms with Crippen molar-refractivity contribution in [2.24, 2.45) is 15.0 Å². The first-order valence-corrected chi connectivity index (χ1v) is 9.95. The van der Waals surface area contributed by atoms with Crippen molar-refractivity contribution in [2.75, 3.05) is 5.32 Å². The molecule has 4 nitrogen and oxygen atoms in total. The molecular formula is C27H24N4. The van der Waals surface area contributed by atoms with Crippen molar-refractivity contribution in [1.82, 2.24) is 0 Å². The lowest BCUT2D eigenvalue weighted by atomic mass is 10.2. The zero-order valence-corrected chi connectivity index (χ0v) is 17.1. The molecule has 1 aliphatic heterocycles. The molecule has 0 atom stereocenters. The third-order valence-corrected chi connectivity index (χ3v) is 4.08. The number of nitrogens with one attached hydrogen (secondary N) is 1. The largest absolute Gasteiger partial charge is 0.361 e. The normalized spacial score (nSPS) is 23.5. The van der Waals surface area contributed by atoms with Crippen LogP contribution in [0.2, 0.25) is 0 Å². The van der Waals surface area contributed by atoms with E-state index in [9.17, 15) is 0 Å². The predicted molar refractivity (Wildman–Crippen MR) is 135 cm³/mol. The van der Waals surface area contributed by atoms with Crippen LogP contribution in [0.1, 0.15) is 11.1 Å². The molecule has 0 spiro atoms. The second kappa shape index (κ2) is 13.0. The Balaban J connectivity index is 1.80. The molecule has 0 amide bonds. The van der Waals surface area contributed by atoms with E-state index in [0.29, 0.717) is 0 Å². The van der Waals surface area contributed by atoms with Gasteiger partial charge in [0.2, 0.25) is 0 Å². The minimum absolute atomic E-state index is 0.866. The molecule has 1 aliphatic rings. The number of hydrogen-bond donors (Lipinski definition) is 1. The van der Waals surface area contributed by atoms with Gasteiger partial charge >= 0.3 is 0 Å². The average molecular weight is 405 g/mol. The summed E-state index contributed by atoms with van der Waals surface area (Å²) in [5.74, 6) is 0. The molecule has 31 heavy (non-hydrogen) atoms. The zero-order chi connectivity index (χ0) is 21.4. The fourth-order valence-electron chi connectivity index (χ4n) is 2.59. The van der Waals surface area contributed by atoms with Crippen LogP contribution in [0.4, 0.5) is 11.4 Å². The van der Waals surface area contributed by atoms with Crippen molar-refractivity contribution in [3.63, 3.8) is 0 Å². The lowest BCUT2D eigenvalue weighted by Gasteiger charge is -2.03. The molecule has 1 N–H and O–H groups in total. The molecule has 1 heterocycles. The van der Waals surface area contributed by atoms with Crippen LogP contribution in [0, 0.1) is 0 Å². The molecular weight excluding hydrogens is 380 g/mol. The molecule has 0 aliphatic carbocycles. The van der Waals surface area contributed by atoms with Crippen LogP contribution in [-0.4, -0.2) is 18.6 Å². The van der Waals surface area contributed by atoms with E-state index in [1.165, 1.54) is 0 Å². The van der Waals surface area contributed by atoms with E-state index in [2.05, 4.69) is 20.3 Å². The van der Waals surface area contributed by atoms with Gasteiger partial charge in [-0.25, -0.2) is 0 Å². The highest BCUT2D eigenvalue weighted by Crippen LogP contribution is 2.16. The van der Waals surface area contributed by atoms with Gasteiger partial charge in [0.15, 0.2) is 0 Å². The van der Waals surface area contributed by atoms with Crippen molar-refractivity contribution in [3.05, 3.63) is 133 Å². The number of para-hydroxylation sites is 2. The summed E-state index contributed by atoms with van der Waals surface area (Å²) in [6, 6.07) is 15.9. The second-order valence-electron chi connectivity index (χ2n) is 6.32. The molecule has 0 radical (unpaired) electrons. The van der Waals surface area contributed by atoms with Crippen LogP contribution >= 0.6 is 0 Å². The van der Waals surface area contributed by atoms with Gasteiger partial charge in [0, 0.05) is 54.1 Å². The lowest BCUT2D eigenvalue weighted by Crippen LogP contribution is -1.92. The fraction of sp³-hybridized carbons (Fsp3) is 0. The standard InChI is InChI=1S/C27H24N4/c1-2-12-20-30-26-16-8-6-14-24(26)22-28-18-10-4-5-11-19-29-23-25-15-7-9-17-27(25)31-21-13-3-1/h1-23,30H/b2-1+,5-4-,13-3-,18-10-,19-11-,20-12+,28-22-,29-23-,31-21+. The number of anilines is 1. The summed E-state index contributed by atoms with van der Waals surface area (Å²) in [5, 5.41) is 3.28. The second-order valence-corrected chi connectivity index (χ2v) is 6.32. The molecule has 2 aromatic rings. The van der Waals surface area contributed by atoms with Gasteiger partial charge in [0.1, 0.15) is 0 Å². The topological polar surface area (TPSA) is 49.1 Å². The Hall–Kier alpha value is -4.31. The SMILES string of the molecule is C1=C\C=C/N=C\c2ccccc2N/C=C/C=C/C=C\C=N\c2ccccc2/C=N\C=C/1. The highest BCUT2D eigenvalue weighted by Gasteiger charge is 1.95. The van der Waals surface area contributed by atoms with Gasteiger partial charge in [0.25, 0.3) is 0 Å². The number of rotatable bonds is 0. The van der Waals surface area contributed by atoms with E-state index in [4.69, 9.17) is 0 Å². The maximum Gasteiger partial charge on any atom is 0.0717 e. The molecule has 0 fully saturated rings. The van der Waals surface area contributed by atoms with E-state index >= 15 is 0 Å². The smallest absolute Gasteiger partial charge is 0.0717 e. The van der Waals surface area contributed by atoms with Crippen LogP contribution in [-0.2, 0) is 0 Å². The number of allylic oxidation sites excluding steroid dienone is 9. The van der Waals surface area contributed by atoms with Crippen molar-refractivity contribution in [3.8, 4) is 0 Å². The first-order valence-electron chi connectivity index (χ1n) is 9.95. The Labute approximate surface area is 183 Å². The van der Waals surface area contributed by atoms with Crippen molar-refractivity contribution < 1.29 is 0 Å². The maximum atomic E-state index is 4.51. The molecule has 2 aromatic carbocycles. The Morgan fingerprint density at radius 2 is 1.16 bits per heavy atom. The highest BCUT2D eigenvalue weighted by molar-refractivity contribution is 5.89. The lowest BCUT2D eigenvalue weighted by molar-refractivity contribution is 1.50. The quantitative estimate of drug-likeness (QED) is 0.531. The van der Waals surface area contributed by atoms with Crippen LogP contribution in [0.3, 0.4) is 0 Å². The highest BCUT2D eigenvalue weighted by atomic mass is 14.8. The summed E-state index contributed by atoms with van der Waals surface area (Å²) >= 11 is 0. The molecule has 0 saturated carbocycles. The number of aliphatic imine (C=N–C) groups is 3. The van der Waals surface area contributed by atoms with E-state index in [1.54, 1.807) is 24.8 Å². The summed E-state index contributed by atoms with van der Waals surface area (Å²) in [6.07, 6.45) is 28.0. The van der Waals surface area contributed by atoms with Crippen LogP contribution in [0.5, 0.6) is 0 Å². The Morgan fingerprint density at radius 1 is 0.548 bits per heavy atom. The van der Waals surface area contributed by atoms with E-state index in [1.807, 2.05) is 116 Å². The van der Waals surface area contributed by atoms with E-state index < -0.39 is 0 Å². The average Bonchev–Trinajstić information content (AvgIpc) is 2.80. The maximum absolute atomic E-state index is 4.51. The molecule has 4 heteroatoms. The van der Waals surface area contributed by atoms with Crippen LogP contribution in [0.25, 0.3) is 0 Å². The monoisotopic (exact) mass is 404 g/mol. The third-order valence-electron chi connectivity index (χ3n) is 4.08. The van der Waals surface area contributed by atoms with Crippen LogP contribution < -0.4 is 5.32 Å². The molecule has 0 bridgehead atoms. The molecule has 0 unspecified atom stereocenters. The van der Waals surface area contributed by atoms with Gasteiger partial charge in [0.05, 0.1) is 5.69 Å². The van der Waals surface area contributed by atoms with Crippen molar-refractivity contribution >= 4 is 30.0 Å². The summed E-state index contributed by atoms with van der Waals surface area (Å²) in [5.41, 5.74) is 3.82. The molecule has 0 aromatic heterocycles. The first kappa shape index (κ1) is 21.4. The Kier molecular flexibility index (Phi) is 8.98. The van der Waals surface area contributed by atoms with Crippen molar-refractivity contribution in [1.29, 1.82) is 0 Å². The summed E-state index contributed by atoms with van der Waals surface area (Å²) in [4.78, 5) is 13.2. The summed E-state index contributed by atoms with van der Waals surface area (Å²) in [7, 11) is 0. The van der Waals surface area contributed by atoms with Gasteiger partial charge in [-0.05, 0) is 36.4 Å². The van der Waals surface area contributed by atoms with Crippen LogP contribution in [0.15, 0.2) is 137 Å². The summed E-state index contributed by atoms with van der Waals surface area (Å²) in [6.45, 7) is 0. The number of fused-ring (bicyclic) bond motifs is 2. The van der Waals surface area contributed by atoms with E-state index in [-0.39, 0.29) is 0 Å². The third kappa shape index (κ3) is 7.91.